The second kappa shape index (κ2) is 8.87. The summed E-state index contributed by atoms with van der Waals surface area (Å²) in [6, 6.07) is 13.7. The Morgan fingerprint density at radius 2 is 1.72 bits per heavy atom. The van der Waals surface area contributed by atoms with Crippen molar-refractivity contribution >= 4 is 11.9 Å². The zero-order valence-corrected chi connectivity index (χ0v) is 14.5. The number of hydrogen-bond donors (Lipinski definition) is 2. The number of aliphatic carboxylic acids is 1. The van der Waals surface area contributed by atoms with Gasteiger partial charge in [-0.05, 0) is 43.2 Å². The lowest BCUT2D eigenvalue weighted by atomic mass is 10.0. The molecule has 0 bridgehead atoms. The summed E-state index contributed by atoms with van der Waals surface area (Å²) < 4.78 is 5.53. The first-order chi connectivity index (χ1) is 12.0. The second-order valence-corrected chi connectivity index (χ2v) is 5.91. The number of carboxylic acids is 1. The Labute approximate surface area is 147 Å². The number of hydrogen-bond acceptors (Lipinski definition) is 3. The van der Waals surface area contributed by atoms with E-state index in [0.29, 0.717) is 12.2 Å². The zero-order chi connectivity index (χ0) is 18.2. The zero-order valence-electron chi connectivity index (χ0n) is 14.5. The van der Waals surface area contributed by atoms with E-state index in [0.717, 1.165) is 23.3 Å². The quantitative estimate of drug-likeness (QED) is 0.767. The number of ether oxygens (including phenoxy) is 1. The predicted molar refractivity (Wildman–Crippen MR) is 95.9 cm³/mol. The van der Waals surface area contributed by atoms with Gasteiger partial charge in [0.15, 0.2) is 0 Å². The van der Waals surface area contributed by atoms with Gasteiger partial charge in [-0.3, -0.25) is 9.59 Å². The van der Waals surface area contributed by atoms with E-state index in [1.54, 1.807) is 36.4 Å². The molecule has 0 radical (unpaired) electrons. The molecule has 0 spiro atoms. The third-order valence-corrected chi connectivity index (χ3v) is 3.75. The third kappa shape index (κ3) is 5.64. The number of amides is 1. The largest absolute Gasteiger partial charge is 0.494 e. The summed E-state index contributed by atoms with van der Waals surface area (Å²) in [6.07, 6.45) is 0.725. The molecule has 0 aliphatic rings. The van der Waals surface area contributed by atoms with E-state index in [-0.39, 0.29) is 12.3 Å². The van der Waals surface area contributed by atoms with Gasteiger partial charge in [-0.25, -0.2) is 0 Å². The van der Waals surface area contributed by atoms with Crippen molar-refractivity contribution in [2.75, 3.05) is 6.61 Å². The highest BCUT2D eigenvalue weighted by atomic mass is 16.5. The van der Waals surface area contributed by atoms with E-state index in [4.69, 9.17) is 9.84 Å². The number of carboxylic acid groups (broad SMARTS) is 1. The van der Waals surface area contributed by atoms with Crippen LogP contribution in [0.15, 0.2) is 48.5 Å². The summed E-state index contributed by atoms with van der Waals surface area (Å²) in [5.74, 6) is -0.539. The van der Waals surface area contributed by atoms with Crippen molar-refractivity contribution in [3.05, 3.63) is 65.2 Å². The molecule has 2 aromatic rings. The summed E-state index contributed by atoms with van der Waals surface area (Å²) >= 11 is 0. The number of benzene rings is 2. The van der Waals surface area contributed by atoms with Gasteiger partial charge in [0.2, 0.25) is 0 Å². The first-order valence-corrected chi connectivity index (χ1v) is 8.31. The Hall–Kier alpha value is -2.82. The second-order valence-electron chi connectivity index (χ2n) is 5.91. The summed E-state index contributed by atoms with van der Waals surface area (Å²) in [6.45, 7) is 4.59. The van der Waals surface area contributed by atoms with Gasteiger partial charge in [-0.1, -0.05) is 36.8 Å². The number of aryl methyl sites for hydroxylation is 1. The maximum Gasteiger partial charge on any atom is 0.305 e. The van der Waals surface area contributed by atoms with Crippen LogP contribution in [0.5, 0.6) is 5.75 Å². The Kier molecular flexibility index (Phi) is 6.57. The molecule has 1 atom stereocenters. The van der Waals surface area contributed by atoms with Crippen molar-refractivity contribution < 1.29 is 19.4 Å². The summed E-state index contributed by atoms with van der Waals surface area (Å²) in [4.78, 5) is 23.6. The molecule has 0 aromatic heterocycles. The van der Waals surface area contributed by atoms with Crippen LogP contribution in [0.1, 0.15) is 47.3 Å². The van der Waals surface area contributed by atoms with E-state index < -0.39 is 12.0 Å². The highest BCUT2D eigenvalue weighted by molar-refractivity contribution is 5.94. The molecule has 5 heteroatoms. The topological polar surface area (TPSA) is 75.6 Å². The van der Waals surface area contributed by atoms with E-state index in [1.165, 1.54) is 0 Å². The van der Waals surface area contributed by atoms with E-state index in [1.807, 2.05) is 26.0 Å². The number of rotatable bonds is 8. The molecule has 0 heterocycles. The Morgan fingerprint density at radius 3 is 2.28 bits per heavy atom. The Morgan fingerprint density at radius 1 is 1.08 bits per heavy atom. The van der Waals surface area contributed by atoms with E-state index >= 15 is 0 Å². The minimum absolute atomic E-state index is 0.188. The van der Waals surface area contributed by atoms with Gasteiger partial charge in [-0.2, -0.15) is 0 Å². The van der Waals surface area contributed by atoms with Crippen LogP contribution in [0, 0.1) is 6.92 Å². The van der Waals surface area contributed by atoms with Gasteiger partial charge in [0.25, 0.3) is 5.91 Å². The van der Waals surface area contributed by atoms with Crippen molar-refractivity contribution in [3.63, 3.8) is 0 Å². The monoisotopic (exact) mass is 341 g/mol. The fourth-order valence-corrected chi connectivity index (χ4v) is 2.39. The molecular weight excluding hydrogens is 318 g/mol. The third-order valence-electron chi connectivity index (χ3n) is 3.75. The molecule has 5 nitrogen and oxygen atoms in total. The first kappa shape index (κ1) is 18.5. The Balaban J connectivity index is 2.13. The highest BCUT2D eigenvalue weighted by Gasteiger charge is 2.19. The van der Waals surface area contributed by atoms with E-state index in [9.17, 15) is 9.59 Å². The number of carbonyl (C=O) groups is 2. The molecule has 2 rings (SSSR count). The number of carbonyl (C=O) groups excluding carboxylic acids is 1. The summed E-state index contributed by atoms with van der Waals surface area (Å²) in [7, 11) is 0. The van der Waals surface area contributed by atoms with Crippen molar-refractivity contribution in [2.45, 2.75) is 32.7 Å². The molecule has 0 saturated carbocycles. The fourth-order valence-electron chi connectivity index (χ4n) is 2.39. The average molecular weight is 341 g/mol. The van der Waals surface area contributed by atoms with Crippen LogP contribution in [0.4, 0.5) is 0 Å². The van der Waals surface area contributed by atoms with Crippen LogP contribution in [-0.4, -0.2) is 23.6 Å². The van der Waals surface area contributed by atoms with Crippen molar-refractivity contribution in [3.8, 4) is 5.75 Å². The van der Waals surface area contributed by atoms with Crippen LogP contribution < -0.4 is 10.1 Å². The van der Waals surface area contributed by atoms with E-state index in [2.05, 4.69) is 5.32 Å². The smallest absolute Gasteiger partial charge is 0.305 e. The average Bonchev–Trinajstić information content (AvgIpc) is 2.60. The molecular formula is C20H23NO4. The maximum absolute atomic E-state index is 12.4. The lowest BCUT2D eigenvalue weighted by Crippen LogP contribution is -2.30. The van der Waals surface area contributed by atoms with Crippen molar-refractivity contribution in [2.24, 2.45) is 0 Å². The highest BCUT2D eigenvalue weighted by Crippen LogP contribution is 2.21. The van der Waals surface area contributed by atoms with Crippen molar-refractivity contribution in [1.29, 1.82) is 0 Å². The lowest BCUT2D eigenvalue weighted by molar-refractivity contribution is -0.137. The standard InChI is InChI=1S/C20H23NO4/c1-3-12-25-17-10-8-15(9-11-17)18(13-19(22)23)21-20(24)16-6-4-14(2)5-7-16/h4-11,18H,3,12-13H2,1-2H3,(H,21,24)(H,22,23)/t18-/m1/s1. The fraction of sp³-hybridized carbons (Fsp3) is 0.300. The molecule has 132 valence electrons. The van der Waals surface area contributed by atoms with Crippen molar-refractivity contribution in [1.82, 2.24) is 5.32 Å². The Bertz CT molecular complexity index is 707. The van der Waals surface area contributed by atoms with Gasteiger partial charge in [0, 0.05) is 5.56 Å². The maximum atomic E-state index is 12.4. The summed E-state index contributed by atoms with van der Waals surface area (Å²) in [5.41, 5.74) is 2.29. The van der Waals surface area contributed by atoms with Crippen LogP contribution >= 0.6 is 0 Å². The molecule has 0 unspecified atom stereocenters. The SMILES string of the molecule is CCCOc1ccc([C@@H](CC(=O)O)NC(=O)c2ccc(C)cc2)cc1. The van der Waals surface area contributed by atoms with Crippen LogP contribution in [0.3, 0.4) is 0 Å². The molecule has 0 fully saturated rings. The van der Waals surface area contributed by atoms with Gasteiger partial charge in [0.05, 0.1) is 19.1 Å². The summed E-state index contributed by atoms with van der Waals surface area (Å²) in [5, 5.41) is 12.0. The van der Waals surface area contributed by atoms with Gasteiger partial charge >= 0.3 is 5.97 Å². The number of nitrogens with one attached hydrogen (secondary N) is 1. The first-order valence-electron chi connectivity index (χ1n) is 8.31. The lowest BCUT2D eigenvalue weighted by Gasteiger charge is -2.18. The molecule has 0 aliphatic heterocycles. The normalized spacial score (nSPS) is 11.6. The van der Waals surface area contributed by atoms with Gasteiger partial charge < -0.3 is 15.2 Å². The molecule has 1 amide bonds. The minimum atomic E-state index is -0.972. The van der Waals surface area contributed by atoms with Crippen LogP contribution in [0.25, 0.3) is 0 Å². The molecule has 0 saturated heterocycles. The minimum Gasteiger partial charge on any atom is -0.494 e. The molecule has 2 N–H and O–H groups in total. The van der Waals surface area contributed by atoms with Gasteiger partial charge in [-0.15, -0.1) is 0 Å². The predicted octanol–water partition coefficient (Wildman–Crippen LogP) is 3.73. The van der Waals surface area contributed by atoms with Crippen LogP contribution in [-0.2, 0) is 4.79 Å². The van der Waals surface area contributed by atoms with Gasteiger partial charge in [0.1, 0.15) is 5.75 Å². The molecule has 25 heavy (non-hydrogen) atoms. The van der Waals surface area contributed by atoms with Crippen LogP contribution in [0.2, 0.25) is 0 Å². The molecule has 0 aliphatic carbocycles. The molecule has 2 aromatic carbocycles.